The molecule has 0 bridgehead atoms. The summed E-state index contributed by atoms with van der Waals surface area (Å²) in [6.07, 6.45) is -0.221. The molecule has 18 heavy (non-hydrogen) atoms. The molecule has 0 aromatic heterocycles. The van der Waals surface area contributed by atoms with E-state index in [1.165, 1.54) is 13.2 Å². The average Bonchev–Trinajstić information content (AvgIpc) is 2.27. The molecule has 0 saturated carbocycles. The first kappa shape index (κ1) is 13.8. The number of aliphatic carboxylic acids is 1. The van der Waals surface area contributed by atoms with E-state index < -0.39 is 23.7 Å². The minimum Gasteiger partial charge on any atom is -0.507 e. The van der Waals surface area contributed by atoms with E-state index in [0.29, 0.717) is 0 Å². The molecule has 0 aliphatic rings. The van der Waals surface area contributed by atoms with Gasteiger partial charge in [-0.1, -0.05) is 0 Å². The van der Waals surface area contributed by atoms with Gasteiger partial charge in [-0.05, 0) is 18.1 Å². The molecule has 0 fully saturated rings. The van der Waals surface area contributed by atoms with Crippen molar-refractivity contribution in [2.75, 3.05) is 7.11 Å². The third-order valence-electron chi connectivity index (χ3n) is 2.38. The lowest BCUT2D eigenvalue weighted by molar-refractivity contribution is -0.138. The fraction of sp³-hybridized carbons (Fsp3) is 0.273. The van der Waals surface area contributed by atoms with Gasteiger partial charge in [-0.2, -0.15) is 0 Å². The van der Waals surface area contributed by atoms with Crippen LogP contribution in [0.15, 0.2) is 12.1 Å². The van der Waals surface area contributed by atoms with Crippen LogP contribution in [-0.4, -0.2) is 40.4 Å². The van der Waals surface area contributed by atoms with Crippen LogP contribution in [0.2, 0.25) is 0 Å². The van der Waals surface area contributed by atoms with Crippen molar-refractivity contribution in [2.45, 2.75) is 12.5 Å². The van der Waals surface area contributed by atoms with Gasteiger partial charge in [-0.15, -0.1) is 0 Å². The van der Waals surface area contributed by atoms with E-state index in [-0.39, 0.29) is 23.3 Å². The van der Waals surface area contributed by atoms with Crippen LogP contribution >= 0.6 is 0 Å². The Morgan fingerprint density at radius 3 is 2.44 bits per heavy atom. The molecule has 0 radical (unpaired) electrons. The first-order chi connectivity index (χ1) is 8.36. The molecule has 1 atom stereocenters. The Morgan fingerprint density at radius 2 is 2.00 bits per heavy atom. The molecular weight excluding hydrogens is 242 g/mol. The lowest BCUT2D eigenvalue weighted by Gasteiger charge is -2.12. The molecular formula is C11H13NO6. The van der Waals surface area contributed by atoms with Crippen molar-refractivity contribution in [3.63, 3.8) is 0 Å². The highest BCUT2D eigenvalue weighted by atomic mass is 16.5. The molecule has 5 N–H and O–H groups in total. The Hall–Kier alpha value is -2.28. The van der Waals surface area contributed by atoms with Crippen LogP contribution in [0.3, 0.4) is 0 Å². The number of aromatic hydroxyl groups is 1. The number of carboxylic acids is 2. The number of nitrogens with two attached hydrogens (primary N) is 1. The second kappa shape index (κ2) is 5.37. The first-order valence-corrected chi connectivity index (χ1v) is 4.98. The van der Waals surface area contributed by atoms with Gasteiger partial charge >= 0.3 is 11.9 Å². The number of carbonyl (C=O) groups is 2. The van der Waals surface area contributed by atoms with Gasteiger partial charge in [-0.25, -0.2) is 4.79 Å². The highest BCUT2D eigenvalue weighted by Gasteiger charge is 2.21. The van der Waals surface area contributed by atoms with E-state index in [2.05, 4.69) is 0 Å². The van der Waals surface area contributed by atoms with E-state index in [4.69, 9.17) is 20.7 Å². The smallest absolute Gasteiger partial charge is 0.339 e. The van der Waals surface area contributed by atoms with E-state index in [9.17, 15) is 14.7 Å². The summed E-state index contributed by atoms with van der Waals surface area (Å²) < 4.78 is 4.87. The van der Waals surface area contributed by atoms with E-state index in [1.54, 1.807) is 0 Å². The molecule has 0 spiro atoms. The van der Waals surface area contributed by atoms with Crippen LogP contribution in [0, 0.1) is 0 Å². The molecule has 1 aromatic rings. The predicted octanol–water partition coefficient (Wildman–Crippen LogP) is 0.0534. The van der Waals surface area contributed by atoms with E-state index in [1.807, 2.05) is 0 Å². The maximum Gasteiger partial charge on any atom is 0.339 e. The quantitative estimate of drug-likeness (QED) is 0.584. The van der Waals surface area contributed by atoms with Gasteiger partial charge in [-0.3, -0.25) is 4.79 Å². The second-order valence-electron chi connectivity index (χ2n) is 3.63. The minimum absolute atomic E-state index is 0.106. The third-order valence-corrected chi connectivity index (χ3v) is 2.38. The Balaban J connectivity index is 3.25. The monoisotopic (exact) mass is 255 g/mol. The van der Waals surface area contributed by atoms with Crippen molar-refractivity contribution < 1.29 is 29.6 Å². The van der Waals surface area contributed by atoms with Gasteiger partial charge in [0.2, 0.25) is 0 Å². The summed E-state index contributed by atoms with van der Waals surface area (Å²) in [5.74, 6) is -2.88. The minimum atomic E-state index is -1.36. The largest absolute Gasteiger partial charge is 0.507 e. The molecule has 1 aromatic carbocycles. The van der Waals surface area contributed by atoms with Crippen molar-refractivity contribution in [3.8, 4) is 11.5 Å². The highest BCUT2D eigenvalue weighted by Crippen LogP contribution is 2.28. The molecule has 0 heterocycles. The van der Waals surface area contributed by atoms with Gasteiger partial charge in [0.25, 0.3) is 0 Å². The summed E-state index contributed by atoms with van der Waals surface area (Å²) in [6.45, 7) is 0. The van der Waals surface area contributed by atoms with Gasteiger partial charge in [0.1, 0.15) is 23.1 Å². The molecule has 7 heteroatoms. The number of aromatic carboxylic acids is 1. The molecule has 0 aliphatic heterocycles. The molecule has 0 aliphatic carbocycles. The van der Waals surface area contributed by atoms with Crippen molar-refractivity contribution in [1.82, 2.24) is 0 Å². The Kier molecular flexibility index (Phi) is 4.11. The van der Waals surface area contributed by atoms with Crippen LogP contribution in [0.1, 0.15) is 15.9 Å². The van der Waals surface area contributed by atoms with Gasteiger partial charge in [0.15, 0.2) is 0 Å². The lowest BCUT2D eigenvalue weighted by atomic mass is 9.99. The zero-order chi connectivity index (χ0) is 13.9. The Morgan fingerprint density at radius 1 is 1.39 bits per heavy atom. The summed E-state index contributed by atoms with van der Waals surface area (Å²) in [5.41, 5.74) is 5.08. The molecule has 7 nitrogen and oxygen atoms in total. The van der Waals surface area contributed by atoms with Gasteiger partial charge < -0.3 is 25.8 Å². The number of hydrogen-bond acceptors (Lipinski definition) is 5. The van der Waals surface area contributed by atoms with E-state index >= 15 is 0 Å². The molecule has 0 unspecified atom stereocenters. The standard InChI is InChI=1S/C11H13NO6/c1-18-6-2-5(3-7(12)10(14)15)9(11(16)17)8(13)4-6/h2,4,7,13H,3,12H2,1H3,(H,14,15)(H,16,17)/t7-/m0/s1. The molecule has 0 amide bonds. The van der Waals surface area contributed by atoms with Crippen molar-refractivity contribution in [2.24, 2.45) is 5.73 Å². The maximum absolute atomic E-state index is 11.0. The summed E-state index contributed by atoms with van der Waals surface area (Å²) in [5, 5.41) is 27.3. The fourth-order valence-electron chi connectivity index (χ4n) is 1.51. The summed E-state index contributed by atoms with van der Waals surface area (Å²) in [4.78, 5) is 21.7. The molecule has 98 valence electrons. The fourth-order valence-corrected chi connectivity index (χ4v) is 1.51. The van der Waals surface area contributed by atoms with Gasteiger partial charge in [0, 0.05) is 6.07 Å². The normalized spacial score (nSPS) is 11.9. The summed E-state index contributed by atoms with van der Waals surface area (Å²) >= 11 is 0. The number of ether oxygens (including phenoxy) is 1. The SMILES string of the molecule is COc1cc(O)c(C(=O)O)c(C[C@H](N)C(=O)O)c1. The van der Waals surface area contributed by atoms with Crippen molar-refractivity contribution in [1.29, 1.82) is 0 Å². The lowest BCUT2D eigenvalue weighted by Crippen LogP contribution is -2.32. The van der Waals surface area contributed by atoms with Crippen molar-refractivity contribution in [3.05, 3.63) is 23.3 Å². The van der Waals surface area contributed by atoms with Crippen LogP contribution in [0.4, 0.5) is 0 Å². The number of hydrogen-bond donors (Lipinski definition) is 4. The Bertz CT molecular complexity index is 485. The number of methoxy groups -OCH3 is 1. The zero-order valence-electron chi connectivity index (χ0n) is 9.58. The first-order valence-electron chi connectivity index (χ1n) is 4.98. The van der Waals surface area contributed by atoms with Crippen LogP contribution in [0.25, 0.3) is 0 Å². The number of rotatable bonds is 5. The zero-order valence-corrected chi connectivity index (χ0v) is 9.58. The number of benzene rings is 1. The van der Waals surface area contributed by atoms with Crippen LogP contribution < -0.4 is 10.5 Å². The summed E-state index contributed by atoms with van der Waals surface area (Å²) in [6, 6.07) is 1.22. The average molecular weight is 255 g/mol. The van der Waals surface area contributed by atoms with Crippen molar-refractivity contribution >= 4 is 11.9 Å². The number of carboxylic acid groups (broad SMARTS) is 2. The van der Waals surface area contributed by atoms with Gasteiger partial charge in [0.05, 0.1) is 7.11 Å². The third kappa shape index (κ3) is 2.89. The molecule has 0 saturated heterocycles. The topological polar surface area (TPSA) is 130 Å². The summed E-state index contributed by atoms with van der Waals surface area (Å²) in [7, 11) is 1.34. The second-order valence-corrected chi connectivity index (χ2v) is 3.63. The maximum atomic E-state index is 11.0. The molecule has 1 rings (SSSR count). The van der Waals surface area contributed by atoms with Crippen LogP contribution in [0.5, 0.6) is 11.5 Å². The highest BCUT2D eigenvalue weighted by molar-refractivity contribution is 5.93. The number of phenols is 1. The predicted molar refractivity (Wildman–Crippen MR) is 60.9 cm³/mol. The van der Waals surface area contributed by atoms with E-state index in [0.717, 1.165) is 6.07 Å². The van der Waals surface area contributed by atoms with Crippen LogP contribution in [-0.2, 0) is 11.2 Å². The Labute approximate surface area is 102 Å².